The molecule has 0 radical (unpaired) electrons. The molecule has 0 aliphatic carbocycles. The number of quaternary nitrogens is 1. The number of aliphatic hydroxyl groups excluding tert-OH is 1. The van der Waals surface area contributed by atoms with E-state index < -0.39 is 20.0 Å². The molecule has 0 bridgehead atoms. The molecule has 0 aliphatic rings. The van der Waals surface area contributed by atoms with Crippen molar-refractivity contribution in [2.45, 2.75) is 405 Å². The number of unbranched alkanes of at least 4 members (excludes halogenated alkanes) is 55. The highest BCUT2D eigenvalue weighted by atomic mass is 31.2. The van der Waals surface area contributed by atoms with E-state index in [1.54, 1.807) is 6.08 Å². The molecule has 0 aromatic carbocycles. The summed E-state index contributed by atoms with van der Waals surface area (Å²) in [6.07, 6.45) is 86.2. The normalized spacial score (nSPS) is 13.7. The van der Waals surface area contributed by atoms with Crippen molar-refractivity contribution in [3.05, 3.63) is 24.3 Å². The van der Waals surface area contributed by atoms with Gasteiger partial charge in [0.25, 0.3) is 7.82 Å². The Labute approximate surface area is 519 Å². The zero-order chi connectivity index (χ0) is 60.5. The van der Waals surface area contributed by atoms with Crippen molar-refractivity contribution in [1.82, 2.24) is 5.32 Å². The monoisotopic (exact) mass is 1190 g/mol. The van der Waals surface area contributed by atoms with Crippen molar-refractivity contribution in [2.75, 3.05) is 40.9 Å². The van der Waals surface area contributed by atoms with Crippen molar-refractivity contribution in [3.63, 3.8) is 0 Å². The molecule has 8 nitrogen and oxygen atoms in total. The third kappa shape index (κ3) is 68.3. The maximum atomic E-state index is 13.0. The summed E-state index contributed by atoms with van der Waals surface area (Å²) in [6.45, 7) is 4.70. The minimum atomic E-state index is -4.61. The first-order valence-corrected chi connectivity index (χ1v) is 38.7. The first-order chi connectivity index (χ1) is 40.5. The lowest BCUT2D eigenvalue weighted by molar-refractivity contribution is -0.870. The molecule has 0 saturated carbocycles. The average molecular weight is 1190 g/mol. The number of phosphoric ester groups is 1. The summed E-state index contributed by atoms with van der Waals surface area (Å²) in [4.78, 5) is 25.6. The van der Waals surface area contributed by atoms with Crippen LogP contribution in [0, 0.1) is 0 Å². The second-order valence-corrected chi connectivity index (χ2v) is 28.4. The minimum Gasteiger partial charge on any atom is -0.756 e. The average Bonchev–Trinajstić information content (AvgIpc) is 3.49. The van der Waals surface area contributed by atoms with Crippen LogP contribution in [0.3, 0.4) is 0 Å². The predicted octanol–water partition coefficient (Wildman–Crippen LogP) is 23.2. The van der Waals surface area contributed by atoms with Crippen LogP contribution < -0.4 is 10.2 Å². The van der Waals surface area contributed by atoms with Gasteiger partial charge in [0.1, 0.15) is 13.2 Å². The summed E-state index contributed by atoms with van der Waals surface area (Å²) in [7, 11) is 1.26. The molecule has 0 heterocycles. The summed E-state index contributed by atoms with van der Waals surface area (Å²) in [5.41, 5.74) is 0. The standard InChI is InChI=1S/C74H147N2O6P/c1-6-8-10-12-14-16-18-20-22-24-26-28-30-32-33-34-35-36-37-38-39-40-41-42-44-46-48-50-52-54-56-58-60-62-64-66-68-74(78)75-72(71-82-83(79,80)81-70-69-76(3,4)5)73(77)67-65-63-61-59-57-55-53-51-49-47-45-43-31-29-27-25-23-21-19-17-15-13-11-9-7-2/h57,59,65,67,72-73,77H,6-56,58,60-64,66,68-71H2,1-5H3,(H-,75,78,79,80)/b59-57+,67-65+. The molecule has 1 amide bonds. The summed E-state index contributed by atoms with van der Waals surface area (Å²) in [6, 6.07) is -0.902. The van der Waals surface area contributed by atoms with Crippen molar-refractivity contribution in [2.24, 2.45) is 0 Å². The van der Waals surface area contributed by atoms with E-state index in [0.29, 0.717) is 17.4 Å². The number of nitrogens with one attached hydrogen (secondary N) is 1. The molecule has 0 rings (SSSR count). The summed E-state index contributed by atoms with van der Waals surface area (Å²) in [5, 5.41) is 14.0. The Morgan fingerprint density at radius 1 is 0.410 bits per heavy atom. The molecule has 0 saturated heterocycles. The molecule has 0 aliphatic heterocycles. The summed E-state index contributed by atoms with van der Waals surface area (Å²) in [5.74, 6) is -0.198. The number of nitrogens with zero attached hydrogens (tertiary/aromatic N) is 1. The lowest BCUT2D eigenvalue weighted by Crippen LogP contribution is -2.45. The summed E-state index contributed by atoms with van der Waals surface area (Å²) >= 11 is 0. The van der Waals surface area contributed by atoms with E-state index in [0.717, 1.165) is 38.5 Å². The number of likely N-dealkylation sites (N-methyl/N-ethyl adjacent to an activating group) is 1. The lowest BCUT2D eigenvalue weighted by Gasteiger charge is -2.29. The Morgan fingerprint density at radius 3 is 0.976 bits per heavy atom. The van der Waals surface area contributed by atoms with Crippen LogP contribution in [-0.4, -0.2) is 68.5 Å². The van der Waals surface area contributed by atoms with E-state index in [1.807, 2.05) is 27.2 Å². The first kappa shape index (κ1) is 82.0. The molecule has 0 aromatic rings. The van der Waals surface area contributed by atoms with Gasteiger partial charge in [0.05, 0.1) is 39.9 Å². The number of carbonyl (C=O) groups is 1. The number of carbonyl (C=O) groups excluding carboxylic acids is 1. The smallest absolute Gasteiger partial charge is 0.268 e. The Kier molecular flexibility index (Phi) is 64.6. The Bertz CT molecular complexity index is 1400. The zero-order valence-electron chi connectivity index (χ0n) is 56.7. The van der Waals surface area contributed by atoms with Crippen LogP contribution in [0.15, 0.2) is 24.3 Å². The van der Waals surface area contributed by atoms with Crippen LogP contribution in [0.5, 0.6) is 0 Å². The third-order valence-electron chi connectivity index (χ3n) is 17.4. The van der Waals surface area contributed by atoms with Gasteiger partial charge >= 0.3 is 0 Å². The highest BCUT2D eigenvalue weighted by Gasteiger charge is 2.23. The lowest BCUT2D eigenvalue weighted by atomic mass is 10.0. The fraction of sp³-hybridized carbons (Fsp3) is 0.932. The second-order valence-electron chi connectivity index (χ2n) is 27.0. The van der Waals surface area contributed by atoms with Crippen LogP contribution in [-0.2, 0) is 18.4 Å². The van der Waals surface area contributed by atoms with E-state index >= 15 is 0 Å². The molecule has 2 N–H and O–H groups in total. The maximum Gasteiger partial charge on any atom is 0.268 e. The van der Waals surface area contributed by atoms with Gasteiger partial charge < -0.3 is 28.8 Å². The largest absolute Gasteiger partial charge is 0.756 e. The van der Waals surface area contributed by atoms with Crippen molar-refractivity contribution >= 4 is 13.7 Å². The fourth-order valence-corrected chi connectivity index (χ4v) is 12.4. The number of phosphoric acid groups is 1. The van der Waals surface area contributed by atoms with Gasteiger partial charge in [-0.15, -0.1) is 0 Å². The van der Waals surface area contributed by atoms with Gasteiger partial charge in [-0.25, -0.2) is 0 Å². The van der Waals surface area contributed by atoms with E-state index in [2.05, 4.69) is 31.3 Å². The van der Waals surface area contributed by atoms with Gasteiger partial charge in [0.2, 0.25) is 5.91 Å². The summed E-state index contributed by atoms with van der Waals surface area (Å²) < 4.78 is 23.5. The van der Waals surface area contributed by atoms with Crippen molar-refractivity contribution in [1.29, 1.82) is 0 Å². The van der Waals surface area contributed by atoms with Crippen LogP contribution in [0.1, 0.15) is 393 Å². The van der Waals surface area contributed by atoms with Gasteiger partial charge in [-0.1, -0.05) is 378 Å². The molecule has 3 unspecified atom stereocenters. The van der Waals surface area contributed by atoms with E-state index in [-0.39, 0.29) is 19.1 Å². The number of hydrogen-bond acceptors (Lipinski definition) is 6. The maximum absolute atomic E-state index is 13.0. The third-order valence-corrected chi connectivity index (χ3v) is 18.4. The molecule has 0 fully saturated rings. The number of aliphatic hydroxyl groups is 1. The quantitative estimate of drug-likeness (QED) is 0.0272. The van der Waals surface area contributed by atoms with Crippen molar-refractivity contribution in [3.8, 4) is 0 Å². The fourth-order valence-electron chi connectivity index (χ4n) is 11.6. The van der Waals surface area contributed by atoms with E-state index in [1.165, 1.54) is 334 Å². The molecule has 83 heavy (non-hydrogen) atoms. The van der Waals surface area contributed by atoms with Crippen LogP contribution in [0.25, 0.3) is 0 Å². The van der Waals surface area contributed by atoms with Gasteiger partial charge in [0.15, 0.2) is 0 Å². The van der Waals surface area contributed by atoms with Gasteiger partial charge in [-0.05, 0) is 32.1 Å². The Balaban J connectivity index is 3.98. The van der Waals surface area contributed by atoms with Crippen LogP contribution >= 0.6 is 7.82 Å². The number of amides is 1. The highest BCUT2D eigenvalue weighted by molar-refractivity contribution is 7.45. The number of hydrogen-bond donors (Lipinski definition) is 2. The minimum absolute atomic E-state index is 0.00337. The van der Waals surface area contributed by atoms with Gasteiger partial charge in [-0.2, -0.15) is 0 Å². The van der Waals surface area contributed by atoms with Gasteiger partial charge in [0, 0.05) is 6.42 Å². The molecular weight excluding hydrogens is 1040 g/mol. The number of allylic oxidation sites excluding steroid dienone is 3. The van der Waals surface area contributed by atoms with Crippen LogP contribution in [0.2, 0.25) is 0 Å². The molecule has 494 valence electrons. The molecule has 9 heteroatoms. The Morgan fingerprint density at radius 2 is 0.675 bits per heavy atom. The highest BCUT2D eigenvalue weighted by Crippen LogP contribution is 2.38. The second kappa shape index (κ2) is 65.4. The predicted molar refractivity (Wildman–Crippen MR) is 362 cm³/mol. The zero-order valence-corrected chi connectivity index (χ0v) is 57.6. The molecule has 0 aromatic heterocycles. The van der Waals surface area contributed by atoms with Crippen LogP contribution in [0.4, 0.5) is 0 Å². The first-order valence-electron chi connectivity index (χ1n) is 37.2. The van der Waals surface area contributed by atoms with E-state index in [9.17, 15) is 19.4 Å². The molecule has 3 atom stereocenters. The number of rotatable bonds is 70. The SMILES string of the molecule is CCCCCCCCCCCCCCCCCCCCC/C=C/CC/C=C/C(O)C(COP(=O)([O-])OCC[N+](C)(C)C)NC(=O)CCCCCCCCCCCCCCCCCCCCCCCCCCCCCCCCCCCCCC. The molecule has 0 spiro atoms. The van der Waals surface area contributed by atoms with Gasteiger partial charge in [-0.3, -0.25) is 9.36 Å². The van der Waals surface area contributed by atoms with E-state index in [4.69, 9.17) is 9.05 Å². The topological polar surface area (TPSA) is 108 Å². The molecular formula is C74H147N2O6P. The Hall–Kier alpha value is -1.02. The van der Waals surface area contributed by atoms with Crippen molar-refractivity contribution < 1.29 is 32.9 Å².